The highest BCUT2D eigenvalue weighted by Crippen LogP contribution is 2.49. The van der Waals surface area contributed by atoms with E-state index in [2.05, 4.69) is 10.3 Å². The van der Waals surface area contributed by atoms with E-state index in [0.29, 0.717) is 57.1 Å². The van der Waals surface area contributed by atoms with Gasteiger partial charge in [0.2, 0.25) is 5.91 Å². The Morgan fingerprint density at radius 3 is 2.58 bits per heavy atom. The Labute approximate surface area is 268 Å². The molecule has 1 aliphatic carbocycles. The number of hydrogen-bond acceptors (Lipinski definition) is 7. The van der Waals surface area contributed by atoms with Crippen LogP contribution in [0, 0.1) is 18.7 Å². The highest BCUT2D eigenvalue weighted by molar-refractivity contribution is 6.32. The van der Waals surface area contributed by atoms with Gasteiger partial charge in [0.15, 0.2) is 0 Å². The summed E-state index contributed by atoms with van der Waals surface area (Å²) in [6.45, 7) is 3.22. The molecule has 12 heteroatoms. The Bertz CT molecular complexity index is 1880. The largest absolute Gasteiger partial charge is 0.494 e. The predicted molar refractivity (Wildman–Crippen MR) is 168 cm³/mol. The number of amides is 2. The zero-order valence-electron chi connectivity index (χ0n) is 24.8. The molecule has 0 saturated heterocycles. The third-order valence-electron chi connectivity index (χ3n) is 9.05. The molecule has 4 N–H and O–H groups in total. The number of halogens is 3. The van der Waals surface area contributed by atoms with Gasteiger partial charge in [-0.2, -0.15) is 0 Å². The van der Waals surface area contributed by atoms with E-state index in [1.807, 2.05) is 0 Å². The normalized spacial score (nSPS) is 18.9. The maximum atomic E-state index is 14.1. The second-order valence-corrected chi connectivity index (χ2v) is 12.7. The minimum Gasteiger partial charge on any atom is -0.494 e. The molecule has 234 valence electrons. The summed E-state index contributed by atoms with van der Waals surface area (Å²) in [4.78, 5) is 35.6. The third-order valence-corrected chi connectivity index (χ3v) is 9.72. The van der Waals surface area contributed by atoms with E-state index in [4.69, 9.17) is 43.4 Å². The molecule has 2 atom stereocenters. The first-order chi connectivity index (χ1) is 21.4. The van der Waals surface area contributed by atoms with Gasteiger partial charge >= 0.3 is 0 Å². The summed E-state index contributed by atoms with van der Waals surface area (Å²) >= 11 is 12.4. The molecular weight excluding hydrogens is 622 g/mol. The van der Waals surface area contributed by atoms with Crippen LogP contribution >= 0.6 is 23.2 Å². The molecule has 3 heterocycles. The van der Waals surface area contributed by atoms with Gasteiger partial charge in [0.25, 0.3) is 5.91 Å². The minimum atomic E-state index is -1.63. The minimum absolute atomic E-state index is 0.0362. The van der Waals surface area contributed by atoms with Crippen molar-refractivity contribution in [3.05, 3.63) is 80.8 Å². The first kappa shape index (κ1) is 31.0. The van der Waals surface area contributed by atoms with E-state index in [1.165, 1.54) is 25.3 Å². The molecule has 2 aromatic carbocycles. The number of carbonyl (C=O) groups is 2. The lowest BCUT2D eigenvalue weighted by Gasteiger charge is -2.41. The number of nitrogens with one attached hydrogen (secondary N) is 1. The van der Waals surface area contributed by atoms with Crippen LogP contribution in [0.25, 0.3) is 22.2 Å². The Balaban J connectivity index is 1.42. The van der Waals surface area contributed by atoms with Gasteiger partial charge in [-0.3, -0.25) is 9.59 Å². The molecule has 6 rings (SSSR count). The van der Waals surface area contributed by atoms with Crippen LogP contribution < -0.4 is 20.5 Å². The van der Waals surface area contributed by atoms with Crippen molar-refractivity contribution in [3.8, 4) is 22.8 Å². The van der Waals surface area contributed by atoms with E-state index in [9.17, 15) is 19.1 Å². The summed E-state index contributed by atoms with van der Waals surface area (Å²) in [6, 6.07) is 10.7. The molecule has 2 aliphatic rings. The number of nitrogens with two attached hydrogens (primary N) is 1. The fraction of sp³-hybridized carbons (Fsp3) is 0.333. The van der Waals surface area contributed by atoms with Crippen LogP contribution in [0.3, 0.4) is 0 Å². The summed E-state index contributed by atoms with van der Waals surface area (Å²) in [5.74, 6) is -1.22. The maximum Gasteiger partial charge on any atom is 0.251 e. The van der Waals surface area contributed by atoms with E-state index < -0.39 is 28.6 Å². The van der Waals surface area contributed by atoms with Crippen LogP contribution in [0.15, 0.2) is 42.5 Å². The molecule has 9 nitrogen and oxygen atoms in total. The van der Waals surface area contributed by atoms with Crippen LogP contribution in [0.1, 0.15) is 53.5 Å². The van der Waals surface area contributed by atoms with Crippen LogP contribution in [0.5, 0.6) is 11.5 Å². The molecular formula is C33H31Cl2FN4O5. The molecule has 1 fully saturated rings. The number of fused-ring (bicyclic) bond motifs is 2. The number of carbonyl (C=O) groups excluding carboxylic acids is 2. The number of ether oxygens (including phenoxy) is 2. The number of primary amides is 1. The number of pyridine rings is 2. The Morgan fingerprint density at radius 2 is 1.93 bits per heavy atom. The average molecular weight is 654 g/mol. The lowest BCUT2D eigenvalue weighted by Crippen LogP contribution is -2.49. The van der Waals surface area contributed by atoms with Crippen molar-refractivity contribution in [1.82, 2.24) is 15.3 Å². The molecule has 0 spiro atoms. The van der Waals surface area contributed by atoms with Gasteiger partial charge in [0.1, 0.15) is 46.1 Å². The van der Waals surface area contributed by atoms with Gasteiger partial charge in [-0.25, -0.2) is 14.4 Å². The molecule has 1 aliphatic heterocycles. The standard InChI is InChI=1S/C33H31Cl2FN4O5/c1-16-22(34)11-18-9-19(12-25(44-3)27(18)39-16)30(41)38-14-33(43,20-5-4-6-20)26-13-21-29(45-15-32(21,2)31(37)42)28(40-26)17-7-8-24(36)23(35)10-17/h7-13,20,43H,4-6,14-15H2,1-3H3,(H2,37,42)(H,38,41)/t32-,33+/m0/s1. The highest BCUT2D eigenvalue weighted by Gasteiger charge is 2.48. The number of rotatable bonds is 8. The molecule has 1 saturated carbocycles. The smallest absolute Gasteiger partial charge is 0.251 e. The number of aliphatic hydroxyl groups is 1. The zero-order chi connectivity index (χ0) is 32.3. The quantitative estimate of drug-likeness (QED) is 0.225. The van der Waals surface area contributed by atoms with Gasteiger partial charge in [-0.15, -0.1) is 0 Å². The SMILES string of the molecule is COc1cc(C(=O)NC[C@](O)(c2cc3c(c(-c4ccc(F)c(Cl)c4)n2)OC[C@]3(C)C(N)=O)C2CCC2)cc2cc(Cl)c(C)nc12. The van der Waals surface area contributed by atoms with Crippen molar-refractivity contribution in [2.75, 3.05) is 20.3 Å². The van der Waals surface area contributed by atoms with Crippen molar-refractivity contribution in [1.29, 1.82) is 0 Å². The molecule has 0 bridgehead atoms. The molecule has 0 unspecified atom stereocenters. The predicted octanol–water partition coefficient (Wildman–Crippen LogP) is 5.61. The van der Waals surface area contributed by atoms with Crippen molar-refractivity contribution in [3.63, 3.8) is 0 Å². The average Bonchev–Trinajstić information content (AvgIpc) is 3.34. The molecule has 45 heavy (non-hydrogen) atoms. The number of nitrogens with zero attached hydrogens (tertiary/aromatic N) is 2. The maximum absolute atomic E-state index is 14.1. The number of hydrogen-bond donors (Lipinski definition) is 3. The van der Waals surface area contributed by atoms with Gasteiger partial charge in [-0.1, -0.05) is 29.6 Å². The zero-order valence-corrected chi connectivity index (χ0v) is 26.4. The Morgan fingerprint density at radius 1 is 1.18 bits per heavy atom. The van der Waals surface area contributed by atoms with Gasteiger partial charge in [0, 0.05) is 22.1 Å². The van der Waals surface area contributed by atoms with E-state index in [1.54, 1.807) is 38.1 Å². The summed E-state index contributed by atoms with van der Waals surface area (Å²) < 4.78 is 25.6. The monoisotopic (exact) mass is 652 g/mol. The number of methoxy groups -OCH3 is 1. The molecule has 0 radical (unpaired) electrons. The second kappa shape index (κ2) is 11.4. The Hall–Kier alpha value is -3.99. The first-order valence-electron chi connectivity index (χ1n) is 14.5. The number of aryl methyl sites for hydroxylation is 1. The topological polar surface area (TPSA) is 137 Å². The van der Waals surface area contributed by atoms with Gasteiger partial charge < -0.3 is 25.6 Å². The lowest BCUT2D eigenvalue weighted by molar-refractivity contribution is -0.123. The Kier molecular flexibility index (Phi) is 7.87. The summed E-state index contributed by atoms with van der Waals surface area (Å²) in [5.41, 5.74) is 5.83. The summed E-state index contributed by atoms with van der Waals surface area (Å²) in [6.07, 6.45) is 2.28. The summed E-state index contributed by atoms with van der Waals surface area (Å²) in [7, 11) is 1.49. The van der Waals surface area contributed by atoms with Gasteiger partial charge in [-0.05, 0) is 75.1 Å². The third kappa shape index (κ3) is 5.24. The van der Waals surface area contributed by atoms with E-state index in [0.717, 1.165) is 6.42 Å². The fourth-order valence-corrected chi connectivity index (χ4v) is 6.24. The van der Waals surface area contributed by atoms with Crippen molar-refractivity contribution >= 4 is 45.9 Å². The van der Waals surface area contributed by atoms with E-state index >= 15 is 0 Å². The van der Waals surface area contributed by atoms with Crippen LogP contribution in [-0.2, 0) is 15.8 Å². The van der Waals surface area contributed by atoms with Crippen molar-refractivity contribution in [2.45, 2.75) is 44.1 Å². The fourth-order valence-electron chi connectivity index (χ4n) is 5.90. The highest BCUT2D eigenvalue weighted by atomic mass is 35.5. The summed E-state index contributed by atoms with van der Waals surface area (Å²) in [5, 5.41) is 16.2. The molecule has 2 aromatic heterocycles. The van der Waals surface area contributed by atoms with Crippen molar-refractivity contribution < 1.29 is 28.6 Å². The molecule has 2 amide bonds. The molecule has 4 aromatic rings. The number of aromatic nitrogens is 2. The lowest BCUT2D eigenvalue weighted by atomic mass is 9.70. The second-order valence-electron chi connectivity index (χ2n) is 11.9. The van der Waals surface area contributed by atoms with E-state index in [-0.39, 0.29) is 41.0 Å². The van der Waals surface area contributed by atoms with Crippen LogP contribution in [0.4, 0.5) is 4.39 Å². The van der Waals surface area contributed by atoms with Crippen molar-refractivity contribution in [2.24, 2.45) is 11.7 Å². The van der Waals surface area contributed by atoms with Crippen LogP contribution in [-0.4, -0.2) is 47.2 Å². The van der Waals surface area contributed by atoms with Crippen LogP contribution in [0.2, 0.25) is 10.0 Å². The first-order valence-corrected chi connectivity index (χ1v) is 15.2. The number of benzene rings is 2. The van der Waals surface area contributed by atoms with Gasteiger partial charge in [0.05, 0.1) is 35.1 Å².